The van der Waals surface area contributed by atoms with Gasteiger partial charge in [-0.1, -0.05) is 16.9 Å². The molecule has 1 fully saturated rings. The van der Waals surface area contributed by atoms with Gasteiger partial charge in [0.25, 0.3) is 5.91 Å². The van der Waals surface area contributed by atoms with Gasteiger partial charge in [0.1, 0.15) is 20.6 Å². The van der Waals surface area contributed by atoms with Crippen molar-refractivity contribution in [3.05, 3.63) is 41.4 Å². The summed E-state index contributed by atoms with van der Waals surface area (Å²) in [6, 6.07) is 5.43. The van der Waals surface area contributed by atoms with Gasteiger partial charge in [-0.15, -0.1) is 0 Å². The van der Waals surface area contributed by atoms with E-state index in [0.717, 1.165) is 11.5 Å². The number of carbonyl (C=O) groups is 1. The fraction of sp³-hybridized carbons (Fsp3) is 0.500. The highest BCUT2D eigenvalue weighted by Crippen LogP contribution is 2.25. The molecule has 2 aromatic heterocycles. The first kappa shape index (κ1) is 20.8. The summed E-state index contributed by atoms with van der Waals surface area (Å²) in [5.74, 6) is 1.43. The Labute approximate surface area is 169 Å². The van der Waals surface area contributed by atoms with Crippen LogP contribution in [0.3, 0.4) is 0 Å². The van der Waals surface area contributed by atoms with Gasteiger partial charge < -0.3 is 9.42 Å². The fourth-order valence-electron chi connectivity index (χ4n) is 2.94. The molecule has 0 atom stereocenters. The summed E-state index contributed by atoms with van der Waals surface area (Å²) >= 11 is 1.46. The molecule has 0 bridgehead atoms. The van der Waals surface area contributed by atoms with Gasteiger partial charge in [-0.3, -0.25) is 9.69 Å². The molecule has 3 heterocycles. The first-order chi connectivity index (χ1) is 13.3. The molecule has 0 aromatic carbocycles. The summed E-state index contributed by atoms with van der Waals surface area (Å²) < 4.78 is 27.7. The third kappa shape index (κ3) is 5.79. The molecule has 3 rings (SSSR count). The van der Waals surface area contributed by atoms with Gasteiger partial charge in [-0.25, -0.2) is 13.4 Å². The lowest BCUT2D eigenvalue weighted by Crippen LogP contribution is -2.49. The van der Waals surface area contributed by atoms with E-state index in [9.17, 15) is 13.2 Å². The highest BCUT2D eigenvalue weighted by atomic mass is 32.2. The minimum absolute atomic E-state index is 0.0466. The van der Waals surface area contributed by atoms with Gasteiger partial charge >= 0.3 is 0 Å². The van der Waals surface area contributed by atoms with E-state index >= 15 is 0 Å². The Morgan fingerprint density at radius 3 is 2.68 bits per heavy atom. The molecule has 1 saturated heterocycles. The summed E-state index contributed by atoms with van der Waals surface area (Å²) in [5, 5.41) is 4.64. The second kappa shape index (κ2) is 9.06. The first-order valence-electron chi connectivity index (χ1n) is 9.01. The number of sulfone groups is 1. The summed E-state index contributed by atoms with van der Waals surface area (Å²) in [6.45, 7) is 4.83. The number of piperazine rings is 1. The fourth-order valence-corrected chi connectivity index (χ4v) is 4.39. The molecule has 0 saturated carbocycles. The average Bonchev–Trinajstić information content (AvgIpc) is 3.09. The van der Waals surface area contributed by atoms with Crippen LogP contribution in [0.1, 0.15) is 21.8 Å². The number of pyridine rings is 1. The Hall–Kier alpha value is -1.91. The molecule has 152 valence electrons. The van der Waals surface area contributed by atoms with Gasteiger partial charge in [0.2, 0.25) is 0 Å². The van der Waals surface area contributed by atoms with Crippen LogP contribution in [0, 0.1) is 6.92 Å². The average molecular weight is 425 g/mol. The highest BCUT2D eigenvalue weighted by Gasteiger charge is 2.24. The van der Waals surface area contributed by atoms with Crippen molar-refractivity contribution in [2.45, 2.75) is 17.7 Å². The zero-order valence-electron chi connectivity index (χ0n) is 16.0. The molecule has 2 aromatic rings. The van der Waals surface area contributed by atoms with Crippen LogP contribution in [0.4, 0.5) is 0 Å². The summed E-state index contributed by atoms with van der Waals surface area (Å²) in [4.78, 5) is 21.2. The number of rotatable bonds is 7. The normalized spacial score (nSPS) is 15.7. The smallest absolute Gasteiger partial charge is 0.256 e. The van der Waals surface area contributed by atoms with E-state index in [1.807, 2.05) is 13.0 Å². The van der Waals surface area contributed by atoms with Crippen LogP contribution >= 0.6 is 11.8 Å². The predicted molar refractivity (Wildman–Crippen MR) is 107 cm³/mol. The lowest BCUT2D eigenvalue weighted by Gasteiger charge is -2.34. The van der Waals surface area contributed by atoms with Crippen LogP contribution < -0.4 is 0 Å². The number of hydrogen-bond donors (Lipinski definition) is 0. The minimum Gasteiger partial charge on any atom is -0.361 e. The number of aryl methyl sites for hydroxylation is 1. The SMILES string of the molecule is Cc1cc(CSc2ncccc2C(=O)N2CCN(CCS(C)(=O)=O)CC2)no1. The standard InChI is InChI=1S/C18H24N4O4S2/c1-14-12-15(20-26-14)13-27-17-16(4-3-5-19-17)18(23)22-8-6-21(7-9-22)10-11-28(2,24)25/h3-5,12H,6-11,13H2,1-2H3. The Balaban J connectivity index is 1.59. The number of carbonyl (C=O) groups excluding carboxylic acids is 1. The van der Waals surface area contributed by atoms with Crippen LogP contribution in [0.5, 0.6) is 0 Å². The number of amides is 1. The van der Waals surface area contributed by atoms with Crippen molar-refractivity contribution in [1.29, 1.82) is 0 Å². The van der Waals surface area contributed by atoms with Crippen LogP contribution in [0.25, 0.3) is 0 Å². The Morgan fingerprint density at radius 2 is 2.04 bits per heavy atom. The predicted octanol–water partition coefficient (Wildman–Crippen LogP) is 1.47. The topological polar surface area (TPSA) is 96.6 Å². The van der Waals surface area contributed by atoms with E-state index in [-0.39, 0.29) is 11.7 Å². The quantitative estimate of drug-likeness (QED) is 0.617. The van der Waals surface area contributed by atoms with Crippen LogP contribution in [0.2, 0.25) is 0 Å². The van der Waals surface area contributed by atoms with E-state index in [1.54, 1.807) is 23.2 Å². The Morgan fingerprint density at radius 1 is 1.29 bits per heavy atom. The van der Waals surface area contributed by atoms with Crippen LogP contribution in [-0.2, 0) is 15.6 Å². The molecule has 28 heavy (non-hydrogen) atoms. The maximum atomic E-state index is 13.0. The van der Waals surface area contributed by atoms with Crippen molar-refractivity contribution in [3.63, 3.8) is 0 Å². The lowest BCUT2D eigenvalue weighted by molar-refractivity contribution is 0.0640. The maximum absolute atomic E-state index is 13.0. The van der Waals surface area contributed by atoms with E-state index in [1.165, 1.54) is 18.0 Å². The molecular weight excluding hydrogens is 400 g/mol. The van der Waals surface area contributed by atoms with Gasteiger partial charge in [-0.05, 0) is 19.1 Å². The third-order valence-corrected chi connectivity index (χ3v) is 6.44. The monoisotopic (exact) mass is 424 g/mol. The van der Waals surface area contributed by atoms with Crippen molar-refractivity contribution in [2.75, 3.05) is 44.7 Å². The molecule has 0 unspecified atom stereocenters. The summed E-state index contributed by atoms with van der Waals surface area (Å²) in [6.07, 6.45) is 2.92. The zero-order valence-corrected chi connectivity index (χ0v) is 17.6. The van der Waals surface area contributed by atoms with E-state index in [2.05, 4.69) is 15.0 Å². The van der Waals surface area contributed by atoms with Gasteiger partial charge in [-0.2, -0.15) is 0 Å². The lowest BCUT2D eigenvalue weighted by atomic mass is 10.2. The molecule has 1 amide bonds. The van der Waals surface area contributed by atoms with Crippen molar-refractivity contribution in [1.82, 2.24) is 19.9 Å². The molecular formula is C18H24N4O4S2. The van der Waals surface area contributed by atoms with Gasteiger partial charge in [0.15, 0.2) is 0 Å². The molecule has 1 aliphatic rings. The molecule has 0 radical (unpaired) electrons. The maximum Gasteiger partial charge on any atom is 0.256 e. The second-order valence-electron chi connectivity index (χ2n) is 6.84. The van der Waals surface area contributed by atoms with Crippen molar-refractivity contribution in [2.24, 2.45) is 0 Å². The molecule has 0 N–H and O–H groups in total. The van der Waals surface area contributed by atoms with Gasteiger partial charge in [0, 0.05) is 57.0 Å². The van der Waals surface area contributed by atoms with Crippen LogP contribution in [0.15, 0.2) is 33.9 Å². The van der Waals surface area contributed by atoms with E-state index in [0.29, 0.717) is 49.1 Å². The largest absolute Gasteiger partial charge is 0.361 e. The summed E-state index contributed by atoms with van der Waals surface area (Å²) in [7, 11) is -2.97. The minimum atomic E-state index is -2.97. The van der Waals surface area contributed by atoms with Crippen molar-refractivity contribution in [3.8, 4) is 0 Å². The molecule has 1 aliphatic heterocycles. The molecule has 0 aliphatic carbocycles. The molecule has 10 heteroatoms. The number of nitrogens with zero attached hydrogens (tertiary/aromatic N) is 4. The zero-order chi connectivity index (χ0) is 20.1. The molecule has 8 nitrogen and oxygen atoms in total. The van der Waals surface area contributed by atoms with Crippen molar-refractivity contribution >= 4 is 27.5 Å². The van der Waals surface area contributed by atoms with Crippen molar-refractivity contribution < 1.29 is 17.7 Å². The molecule has 0 spiro atoms. The third-order valence-electron chi connectivity index (χ3n) is 4.47. The Kier molecular flexibility index (Phi) is 6.73. The number of aromatic nitrogens is 2. The number of hydrogen-bond acceptors (Lipinski definition) is 8. The van der Waals surface area contributed by atoms with Crippen LogP contribution in [-0.4, -0.2) is 79.0 Å². The first-order valence-corrected chi connectivity index (χ1v) is 12.1. The van der Waals surface area contributed by atoms with Gasteiger partial charge in [0.05, 0.1) is 17.0 Å². The second-order valence-corrected chi connectivity index (χ2v) is 10.1. The van der Waals surface area contributed by atoms with E-state index in [4.69, 9.17) is 4.52 Å². The summed E-state index contributed by atoms with van der Waals surface area (Å²) in [5.41, 5.74) is 1.39. The van der Waals surface area contributed by atoms with E-state index < -0.39 is 9.84 Å². The number of thioether (sulfide) groups is 1. The highest BCUT2D eigenvalue weighted by molar-refractivity contribution is 7.98. The Bertz CT molecular complexity index is 921.